The van der Waals surface area contributed by atoms with Gasteiger partial charge in [0, 0.05) is 13.2 Å². The molecule has 0 bridgehead atoms. The van der Waals surface area contributed by atoms with Crippen LogP contribution in [0.3, 0.4) is 0 Å². The zero-order chi connectivity index (χ0) is 10.6. The first kappa shape index (κ1) is 11.3. The van der Waals surface area contributed by atoms with Crippen LogP contribution in [0.4, 0.5) is 13.2 Å². The zero-order valence-electron chi connectivity index (χ0n) is 7.56. The topological polar surface area (TPSA) is 38.3 Å². The third-order valence-electron chi connectivity index (χ3n) is 1.91. The maximum Gasteiger partial charge on any atom is 0.397 e. The molecular formula is C8H12F3NO2. The Balaban J connectivity index is 2.14. The van der Waals surface area contributed by atoms with Crippen molar-refractivity contribution in [3.05, 3.63) is 0 Å². The van der Waals surface area contributed by atoms with Gasteiger partial charge in [-0.1, -0.05) is 0 Å². The van der Waals surface area contributed by atoms with Gasteiger partial charge in [-0.25, -0.2) is 0 Å². The number of ether oxygens (including phenoxy) is 1. The molecule has 1 N–H and O–H groups in total. The van der Waals surface area contributed by atoms with Crippen molar-refractivity contribution in [2.24, 2.45) is 0 Å². The van der Waals surface area contributed by atoms with E-state index in [-0.39, 0.29) is 12.6 Å². The summed E-state index contributed by atoms with van der Waals surface area (Å²) in [5, 5.41) is 2.20. The number of carbonyl (C=O) groups is 1. The van der Waals surface area contributed by atoms with Gasteiger partial charge in [-0.2, -0.15) is 13.2 Å². The second-order valence-electron chi connectivity index (χ2n) is 3.23. The number of hydrogen-bond acceptors (Lipinski definition) is 2. The molecule has 1 atom stereocenters. The molecule has 1 amide bonds. The van der Waals surface area contributed by atoms with Crippen molar-refractivity contribution in [1.82, 2.24) is 5.32 Å². The van der Waals surface area contributed by atoms with Crippen LogP contribution in [0.5, 0.6) is 0 Å². The van der Waals surface area contributed by atoms with Crippen molar-refractivity contribution in [3.63, 3.8) is 0 Å². The summed E-state index contributed by atoms with van der Waals surface area (Å²) in [5.74, 6) is -0.993. The van der Waals surface area contributed by atoms with Gasteiger partial charge in [0.15, 0.2) is 0 Å². The normalized spacial score (nSPS) is 22.4. The van der Waals surface area contributed by atoms with E-state index in [0.717, 1.165) is 12.8 Å². The Bertz CT molecular complexity index is 199. The molecule has 0 aliphatic carbocycles. The maximum atomic E-state index is 11.7. The summed E-state index contributed by atoms with van der Waals surface area (Å²) >= 11 is 0. The summed E-state index contributed by atoms with van der Waals surface area (Å²) in [7, 11) is 0. The molecule has 1 fully saturated rings. The molecule has 0 aromatic carbocycles. The average Bonchev–Trinajstić information content (AvgIpc) is 2.49. The first-order valence-electron chi connectivity index (χ1n) is 4.42. The van der Waals surface area contributed by atoms with Gasteiger partial charge in [-0.3, -0.25) is 4.79 Å². The van der Waals surface area contributed by atoms with E-state index in [9.17, 15) is 18.0 Å². The molecule has 0 aromatic heterocycles. The number of nitrogens with one attached hydrogen (secondary N) is 1. The summed E-state index contributed by atoms with van der Waals surface area (Å²) < 4.78 is 40.3. The molecule has 0 radical (unpaired) electrons. The number of halogens is 3. The standard InChI is InChI=1S/C8H12F3NO2/c9-8(10,11)4-7(13)12-5-6-2-1-3-14-6/h6H,1-5H2,(H,12,13). The summed E-state index contributed by atoms with van der Waals surface area (Å²) in [6.45, 7) is 0.800. The van der Waals surface area contributed by atoms with E-state index in [4.69, 9.17) is 4.74 Å². The van der Waals surface area contributed by atoms with Crippen LogP contribution in [0.2, 0.25) is 0 Å². The highest BCUT2D eigenvalue weighted by Crippen LogP contribution is 2.19. The predicted molar refractivity (Wildman–Crippen MR) is 42.7 cm³/mol. The molecule has 14 heavy (non-hydrogen) atoms. The Morgan fingerprint density at radius 2 is 2.21 bits per heavy atom. The van der Waals surface area contributed by atoms with E-state index in [1.807, 2.05) is 0 Å². The monoisotopic (exact) mass is 211 g/mol. The number of rotatable bonds is 3. The van der Waals surface area contributed by atoms with Gasteiger partial charge in [0.25, 0.3) is 0 Å². The molecule has 0 spiro atoms. The van der Waals surface area contributed by atoms with Gasteiger partial charge >= 0.3 is 6.18 Å². The lowest BCUT2D eigenvalue weighted by molar-refractivity contribution is -0.154. The SMILES string of the molecule is O=C(CC(F)(F)F)NCC1CCCO1. The highest BCUT2D eigenvalue weighted by molar-refractivity contribution is 5.76. The quantitative estimate of drug-likeness (QED) is 0.762. The van der Waals surface area contributed by atoms with E-state index >= 15 is 0 Å². The molecule has 1 aliphatic heterocycles. The number of alkyl halides is 3. The smallest absolute Gasteiger partial charge is 0.376 e. The van der Waals surface area contributed by atoms with E-state index in [2.05, 4.69) is 5.32 Å². The van der Waals surface area contributed by atoms with Crippen LogP contribution in [0.25, 0.3) is 0 Å². The lowest BCUT2D eigenvalue weighted by atomic mass is 10.2. The van der Waals surface area contributed by atoms with Crippen LogP contribution in [0.1, 0.15) is 19.3 Å². The molecule has 0 saturated carbocycles. The first-order valence-corrected chi connectivity index (χ1v) is 4.42. The van der Waals surface area contributed by atoms with Crippen molar-refractivity contribution in [1.29, 1.82) is 0 Å². The van der Waals surface area contributed by atoms with Gasteiger partial charge in [0.2, 0.25) is 5.91 Å². The molecule has 1 heterocycles. The lowest BCUT2D eigenvalue weighted by Crippen LogP contribution is -2.34. The van der Waals surface area contributed by atoms with Gasteiger partial charge in [-0.15, -0.1) is 0 Å². The second kappa shape index (κ2) is 4.63. The molecule has 0 aromatic rings. The highest BCUT2D eigenvalue weighted by Gasteiger charge is 2.31. The van der Waals surface area contributed by atoms with Crippen molar-refractivity contribution in [2.45, 2.75) is 31.5 Å². The molecule has 1 unspecified atom stereocenters. The van der Waals surface area contributed by atoms with Crippen LogP contribution < -0.4 is 5.32 Å². The number of carbonyl (C=O) groups excluding carboxylic acids is 1. The summed E-state index contributed by atoms with van der Waals surface area (Å²) in [4.78, 5) is 10.7. The highest BCUT2D eigenvalue weighted by atomic mass is 19.4. The molecule has 1 rings (SSSR count). The summed E-state index contributed by atoms with van der Waals surface area (Å²) in [5.41, 5.74) is 0. The molecule has 3 nitrogen and oxygen atoms in total. The second-order valence-corrected chi connectivity index (χ2v) is 3.23. The Morgan fingerprint density at radius 3 is 2.71 bits per heavy atom. The third kappa shape index (κ3) is 4.45. The van der Waals surface area contributed by atoms with Gasteiger partial charge in [-0.05, 0) is 12.8 Å². The van der Waals surface area contributed by atoms with Crippen molar-refractivity contribution in [2.75, 3.05) is 13.2 Å². The van der Waals surface area contributed by atoms with E-state index in [0.29, 0.717) is 6.61 Å². The minimum atomic E-state index is -4.43. The third-order valence-corrected chi connectivity index (χ3v) is 1.91. The fourth-order valence-electron chi connectivity index (χ4n) is 1.28. The lowest BCUT2D eigenvalue weighted by Gasteiger charge is -2.11. The van der Waals surface area contributed by atoms with Crippen LogP contribution in [0.15, 0.2) is 0 Å². The molecule has 1 aliphatic rings. The first-order chi connectivity index (χ1) is 6.47. The van der Waals surface area contributed by atoms with Gasteiger partial charge in [0.05, 0.1) is 6.10 Å². The Hall–Kier alpha value is -0.780. The average molecular weight is 211 g/mol. The zero-order valence-corrected chi connectivity index (χ0v) is 7.56. The maximum absolute atomic E-state index is 11.7. The minimum Gasteiger partial charge on any atom is -0.376 e. The van der Waals surface area contributed by atoms with E-state index < -0.39 is 18.5 Å². The number of hydrogen-bond donors (Lipinski definition) is 1. The van der Waals surface area contributed by atoms with Crippen LogP contribution >= 0.6 is 0 Å². The summed E-state index contributed by atoms with van der Waals surface area (Å²) in [6, 6.07) is 0. The minimum absolute atomic E-state index is 0.118. The van der Waals surface area contributed by atoms with Gasteiger partial charge in [0.1, 0.15) is 6.42 Å². The van der Waals surface area contributed by atoms with Crippen molar-refractivity contribution >= 4 is 5.91 Å². The fourth-order valence-corrected chi connectivity index (χ4v) is 1.28. The van der Waals surface area contributed by atoms with Crippen LogP contribution in [-0.2, 0) is 9.53 Å². The van der Waals surface area contributed by atoms with Crippen molar-refractivity contribution < 1.29 is 22.7 Å². The molecule has 82 valence electrons. The Kier molecular flexibility index (Phi) is 3.74. The Labute approximate surface area is 79.6 Å². The van der Waals surface area contributed by atoms with E-state index in [1.165, 1.54) is 0 Å². The van der Waals surface area contributed by atoms with Crippen molar-refractivity contribution in [3.8, 4) is 0 Å². The Morgan fingerprint density at radius 1 is 1.50 bits per heavy atom. The fraction of sp³-hybridized carbons (Fsp3) is 0.875. The predicted octanol–water partition coefficient (Wildman–Crippen LogP) is 1.23. The van der Waals surface area contributed by atoms with Gasteiger partial charge < -0.3 is 10.1 Å². The van der Waals surface area contributed by atoms with E-state index in [1.54, 1.807) is 0 Å². The molecular weight excluding hydrogens is 199 g/mol. The molecule has 6 heteroatoms. The summed E-state index contributed by atoms with van der Waals surface area (Å²) in [6.07, 6.45) is -4.26. The number of amides is 1. The van der Waals surface area contributed by atoms with Crippen LogP contribution in [-0.4, -0.2) is 31.3 Å². The molecule has 1 saturated heterocycles. The van der Waals surface area contributed by atoms with Crippen LogP contribution in [0, 0.1) is 0 Å². The largest absolute Gasteiger partial charge is 0.397 e.